The second-order valence-electron chi connectivity index (χ2n) is 6.28. The lowest BCUT2D eigenvalue weighted by atomic mass is 10.1. The van der Waals surface area contributed by atoms with E-state index in [1.54, 1.807) is 0 Å². The van der Waals surface area contributed by atoms with Crippen molar-refractivity contribution in [3.8, 4) is 23.0 Å². The Morgan fingerprint density at radius 2 is 0.654 bits per heavy atom. The van der Waals surface area contributed by atoms with E-state index < -0.39 is 0 Å². The van der Waals surface area contributed by atoms with Crippen LogP contribution in [0.15, 0.2) is 84.7 Å². The van der Waals surface area contributed by atoms with Crippen LogP contribution in [0.5, 0.6) is 23.0 Å². The maximum absolute atomic E-state index is 5.84. The quantitative estimate of drug-likeness (QED) is 0.432. The Labute approximate surface area is 148 Å². The van der Waals surface area contributed by atoms with Gasteiger partial charge in [0, 0.05) is 0 Å². The van der Waals surface area contributed by atoms with E-state index in [-0.39, 0.29) is 11.9 Å². The predicted octanol–water partition coefficient (Wildman–Crippen LogP) is 5.36. The SMILES string of the molecule is c1ccc2cc3c(cc2c1)OC(=C1Oc2cc4ccccc4cc2O1)O3. The van der Waals surface area contributed by atoms with Crippen LogP contribution in [-0.4, -0.2) is 0 Å². The molecule has 26 heavy (non-hydrogen) atoms. The molecular weight excluding hydrogens is 328 g/mol. The second kappa shape index (κ2) is 4.92. The van der Waals surface area contributed by atoms with Crippen molar-refractivity contribution < 1.29 is 18.9 Å². The highest BCUT2D eigenvalue weighted by Gasteiger charge is 2.32. The minimum absolute atomic E-state index is 0.218. The lowest BCUT2D eigenvalue weighted by Gasteiger charge is -2.00. The zero-order chi connectivity index (χ0) is 17.1. The molecule has 0 atom stereocenters. The fraction of sp³-hybridized carbons (Fsp3) is 0. The summed E-state index contributed by atoms with van der Waals surface area (Å²) >= 11 is 0. The molecule has 0 N–H and O–H groups in total. The number of rotatable bonds is 0. The molecule has 2 aliphatic heterocycles. The summed E-state index contributed by atoms with van der Waals surface area (Å²) in [5, 5.41) is 4.35. The van der Waals surface area contributed by atoms with Gasteiger partial charge in [-0.25, -0.2) is 0 Å². The zero-order valence-corrected chi connectivity index (χ0v) is 13.6. The van der Waals surface area contributed by atoms with Crippen LogP contribution < -0.4 is 18.9 Å². The summed E-state index contributed by atoms with van der Waals surface area (Å²) in [6.45, 7) is 0. The molecule has 0 fully saturated rings. The molecule has 0 unspecified atom stereocenters. The highest BCUT2D eigenvalue weighted by molar-refractivity contribution is 5.87. The van der Waals surface area contributed by atoms with Gasteiger partial charge in [-0.1, -0.05) is 48.5 Å². The van der Waals surface area contributed by atoms with Gasteiger partial charge in [0.05, 0.1) is 0 Å². The van der Waals surface area contributed by atoms with Crippen molar-refractivity contribution in [3.63, 3.8) is 0 Å². The lowest BCUT2D eigenvalue weighted by molar-refractivity contribution is 0.185. The molecule has 0 saturated heterocycles. The molecule has 4 heteroatoms. The van der Waals surface area contributed by atoms with E-state index in [0.717, 1.165) is 21.5 Å². The Balaban J connectivity index is 1.40. The first-order chi connectivity index (χ1) is 12.8. The van der Waals surface area contributed by atoms with Gasteiger partial charge in [-0.3, -0.25) is 0 Å². The standard InChI is InChI=1S/C22H12O4/c1-2-6-14-10-18-17(9-13(14)5-1)23-21(24-18)22-25-19-11-15-7-3-4-8-16(15)12-20(19)26-22/h1-12H. The highest BCUT2D eigenvalue weighted by atomic mass is 16.8. The zero-order valence-electron chi connectivity index (χ0n) is 13.6. The van der Waals surface area contributed by atoms with E-state index in [4.69, 9.17) is 18.9 Å². The molecule has 2 aliphatic rings. The normalized spacial score (nSPS) is 14.5. The van der Waals surface area contributed by atoms with E-state index in [2.05, 4.69) is 0 Å². The van der Waals surface area contributed by atoms with Crippen LogP contribution in [0.3, 0.4) is 0 Å². The molecular formula is C22H12O4. The fourth-order valence-corrected chi connectivity index (χ4v) is 3.32. The number of benzene rings is 4. The average molecular weight is 340 g/mol. The minimum Gasteiger partial charge on any atom is -0.417 e. The van der Waals surface area contributed by atoms with Gasteiger partial charge >= 0.3 is 11.9 Å². The first-order valence-electron chi connectivity index (χ1n) is 8.35. The molecule has 0 radical (unpaired) electrons. The Morgan fingerprint density at radius 3 is 0.923 bits per heavy atom. The Morgan fingerprint density at radius 1 is 0.385 bits per heavy atom. The summed E-state index contributed by atoms with van der Waals surface area (Å²) in [5.41, 5.74) is 0. The summed E-state index contributed by atoms with van der Waals surface area (Å²) in [7, 11) is 0. The van der Waals surface area contributed by atoms with Crippen LogP contribution in [-0.2, 0) is 0 Å². The van der Waals surface area contributed by atoms with Crippen molar-refractivity contribution >= 4 is 21.5 Å². The first-order valence-corrected chi connectivity index (χ1v) is 8.35. The van der Waals surface area contributed by atoms with Crippen molar-refractivity contribution in [1.29, 1.82) is 0 Å². The van der Waals surface area contributed by atoms with Crippen molar-refractivity contribution in [3.05, 3.63) is 84.7 Å². The number of hydrogen-bond acceptors (Lipinski definition) is 4. The summed E-state index contributed by atoms with van der Waals surface area (Å²) in [6, 6.07) is 23.9. The second-order valence-corrected chi connectivity index (χ2v) is 6.28. The molecule has 4 aromatic rings. The molecule has 4 nitrogen and oxygen atoms in total. The van der Waals surface area contributed by atoms with Crippen molar-refractivity contribution in [2.75, 3.05) is 0 Å². The topological polar surface area (TPSA) is 36.9 Å². The molecule has 0 amide bonds. The van der Waals surface area contributed by atoms with E-state index in [1.807, 2.05) is 72.8 Å². The van der Waals surface area contributed by atoms with Crippen molar-refractivity contribution in [1.82, 2.24) is 0 Å². The van der Waals surface area contributed by atoms with Gasteiger partial charge in [-0.2, -0.15) is 0 Å². The van der Waals surface area contributed by atoms with Crippen LogP contribution in [0.4, 0.5) is 0 Å². The molecule has 0 spiro atoms. The molecule has 4 aromatic carbocycles. The number of fused-ring (bicyclic) bond motifs is 4. The maximum atomic E-state index is 5.84. The summed E-state index contributed by atoms with van der Waals surface area (Å²) in [5.74, 6) is 3.05. The van der Waals surface area contributed by atoms with Crippen LogP contribution in [0, 0.1) is 0 Å². The van der Waals surface area contributed by atoms with Gasteiger partial charge < -0.3 is 18.9 Å². The molecule has 6 rings (SSSR count). The predicted molar refractivity (Wildman–Crippen MR) is 97.4 cm³/mol. The Bertz CT molecular complexity index is 1050. The lowest BCUT2D eigenvalue weighted by Crippen LogP contribution is -2.06. The van der Waals surface area contributed by atoms with E-state index in [9.17, 15) is 0 Å². The third kappa shape index (κ3) is 1.96. The van der Waals surface area contributed by atoms with Gasteiger partial charge in [0.2, 0.25) is 0 Å². The van der Waals surface area contributed by atoms with E-state index >= 15 is 0 Å². The minimum atomic E-state index is 0.218. The van der Waals surface area contributed by atoms with Gasteiger partial charge in [-0.15, -0.1) is 0 Å². The van der Waals surface area contributed by atoms with Gasteiger partial charge in [0.1, 0.15) is 0 Å². The summed E-state index contributed by atoms with van der Waals surface area (Å²) in [6.07, 6.45) is 0. The molecule has 2 heterocycles. The highest BCUT2D eigenvalue weighted by Crippen LogP contribution is 2.44. The van der Waals surface area contributed by atoms with Gasteiger partial charge in [0.15, 0.2) is 23.0 Å². The number of hydrogen-bond donors (Lipinski definition) is 0. The average Bonchev–Trinajstić information content (AvgIpc) is 3.27. The van der Waals surface area contributed by atoms with Gasteiger partial charge in [-0.05, 0) is 45.8 Å². The molecule has 0 saturated carbocycles. The van der Waals surface area contributed by atoms with Crippen LogP contribution in [0.1, 0.15) is 0 Å². The van der Waals surface area contributed by atoms with Crippen molar-refractivity contribution in [2.24, 2.45) is 0 Å². The largest absolute Gasteiger partial charge is 0.417 e. The number of ether oxygens (including phenoxy) is 4. The Kier molecular flexibility index (Phi) is 2.58. The van der Waals surface area contributed by atoms with Crippen LogP contribution >= 0.6 is 0 Å². The maximum Gasteiger partial charge on any atom is 0.376 e. The third-order valence-corrected chi connectivity index (χ3v) is 4.60. The van der Waals surface area contributed by atoms with E-state index in [1.165, 1.54) is 0 Å². The van der Waals surface area contributed by atoms with Crippen LogP contribution in [0.2, 0.25) is 0 Å². The first kappa shape index (κ1) is 13.6. The fourth-order valence-electron chi connectivity index (χ4n) is 3.32. The monoisotopic (exact) mass is 340 g/mol. The summed E-state index contributed by atoms with van der Waals surface area (Å²) in [4.78, 5) is 0. The molecule has 0 aliphatic carbocycles. The third-order valence-electron chi connectivity index (χ3n) is 4.60. The van der Waals surface area contributed by atoms with E-state index in [0.29, 0.717) is 23.0 Å². The van der Waals surface area contributed by atoms with Gasteiger partial charge in [0.25, 0.3) is 0 Å². The van der Waals surface area contributed by atoms with Crippen molar-refractivity contribution in [2.45, 2.75) is 0 Å². The molecule has 0 aromatic heterocycles. The Hall–Kier alpha value is -3.66. The smallest absolute Gasteiger partial charge is 0.376 e. The molecule has 124 valence electrons. The molecule has 0 bridgehead atoms. The van der Waals surface area contributed by atoms with Crippen LogP contribution in [0.25, 0.3) is 21.5 Å². The summed E-state index contributed by atoms with van der Waals surface area (Å²) < 4.78 is 23.3.